The molecule has 1 aromatic carbocycles. The van der Waals surface area contributed by atoms with Crippen LogP contribution in [0, 0.1) is 5.41 Å². The molecule has 4 nitrogen and oxygen atoms in total. The fourth-order valence-electron chi connectivity index (χ4n) is 3.70. The van der Waals surface area contributed by atoms with Crippen LogP contribution in [-0.4, -0.2) is 36.3 Å². The predicted octanol–water partition coefficient (Wildman–Crippen LogP) is 3.22. The number of hydrogen-bond donors (Lipinski definition) is 0. The third kappa shape index (κ3) is 2.87. The Morgan fingerprint density at radius 1 is 1.22 bits per heavy atom. The molecular weight excluding hydrogens is 288 g/mol. The van der Waals surface area contributed by atoms with Crippen molar-refractivity contribution >= 4 is 17.5 Å². The van der Waals surface area contributed by atoms with Gasteiger partial charge in [-0.15, -0.1) is 0 Å². The molecule has 1 heterocycles. The lowest BCUT2D eigenvalue weighted by molar-refractivity contribution is -0.146. The van der Waals surface area contributed by atoms with E-state index in [0.29, 0.717) is 18.9 Å². The molecule has 2 amide bonds. The first-order valence-corrected chi connectivity index (χ1v) is 8.74. The Morgan fingerprint density at radius 2 is 1.91 bits per heavy atom. The van der Waals surface area contributed by atoms with Crippen LogP contribution in [-0.2, 0) is 9.59 Å². The summed E-state index contributed by atoms with van der Waals surface area (Å²) in [6, 6.07) is 9.89. The Morgan fingerprint density at radius 3 is 2.52 bits per heavy atom. The molecular formula is C19H26N2O2. The molecule has 2 aliphatic rings. The van der Waals surface area contributed by atoms with Crippen molar-refractivity contribution in [2.24, 2.45) is 5.41 Å². The summed E-state index contributed by atoms with van der Waals surface area (Å²) < 4.78 is 0. The second-order valence-electron chi connectivity index (χ2n) is 6.84. The first-order valence-electron chi connectivity index (χ1n) is 8.74. The van der Waals surface area contributed by atoms with Gasteiger partial charge < -0.3 is 9.80 Å². The van der Waals surface area contributed by atoms with Crippen LogP contribution in [0.1, 0.15) is 45.4 Å². The zero-order valence-corrected chi connectivity index (χ0v) is 14.1. The molecule has 1 unspecified atom stereocenters. The van der Waals surface area contributed by atoms with Crippen LogP contribution in [0.25, 0.3) is 0 Å². The summed E-state index contributed by atoms with van der Waals surface area (Å²) in [4.78, 5) is 29.7. The molecule has 3 rings (SSSR count). The number of likely N-dealkylation sites (tertiary alicyclic amines) is 1. The number of carbonyl (C=O) groups excluding carboxylic acids is 2. The lowest BCUT2D eigenvalue weighted by Crippen LogP contribution is -2.51. The molecule has 23 heavy (non-hydrogen) atoms. The summed E-state index contributed by atoms with van der Waals surface area (Å²) in [5.41, 5.74) is 0.0530. The van der Waals surface area contributed by atoms with Crippen molar-refractivity contribution in [3.63, 3.8) is 0 Å². The molecule has 1 atom stereocenters. The average molecular weight is 314 g/mol. The molecule has 0 N–H and O–H groups in total. The number of rotatable bonds is 4. The van der Waals surface area contributed by atoms with Gasteiger partial charge in [-0.05, 0) is 50.7 Å². The number of hydrogen-bond acceptors (Lipinski definition) is 2. The molecule has 0 bridgehead atoms. The topological polar surface area (TPSA) is 40.6 Å². The summed E-state index contributed by atoms with van der Waals surface area (Å²) in [6.07, 6.45) is 5.67. The number of nitrogens with zero attached hydrogens (tertiary/aromatic N) is 2. The second-order valence-corrected chi connectivity index (χ2v) is 6.84. The fourth-order valence-corrected chi connectivity index (χ4v) is 3.70. The van der Waals surface area contributed by atoms with Crippen LogP contribution in [0.5, 0.6) is 0 Å². The van der Waals surface area contributed by atoms with Crippen molar-refractivity contribution in [3.05, 3.63) is 30.3 Å². The van der Waals surface area contributed by atoms with Crippen LogP contribution in [0.15, 0.2) is 30.3 Å². The van der Waals surface area contributed by atoms with Crippen molar-refractivity contribution in [1.82, 2.24) is 4.90 Å². The molecule has 1 aromatic rings. The van der Waals surface area contributed by atoms with Gasteiger partial charge in [-0.2, -0.15) is 0 Å². The maximum atomic E-state index is 13.1. The van der Waals surface area contributed by atoms with Crippen LogP contribution < -0.4 is 4.90 Å². The minimum atomic E-state index is -0.796. The molecule has 2 fully saturated rings. The van der Waals surface area contributed by atoms with E-state index in [1.807, 2.05) is 35.2 Å². The lowest BCUT2D eigenvalue weighted by atomic mass is 9.95. The van der Waals surface area contributed by atoms with Crippen LogP contribution in [0.3, 0.4) is 0 Å². The molecule has 1 aliphatic heterocycles. The third-order valence-corrected chi connectivity index (χ3v) is 5.38. The highest BCUT2D eigenvalue weighted by Crippen LogP contribution is 2.50. The minimum absolute atomic E-state index is 0.0471. The van der Waals surface area contributed by atoms with Crippen molar-refractivity contribution in [2.75, 3.05) is 18.5 Å². The van der Waals surface area contributed by atoms with Crippen molar-refractivity contribution in [3.8, 4) is 0 Å². The summed E-state index contributed by atoms with van der Waals surface area (Å²) >= 11 is 0. The van der Waals surface area contributed by atoms with E-state index in [-0.39, 0.29) is 11.8 Å². The van der Waals surface area contributed by atoms with Gasteiger partial charge in [0.1, 0.15) is 5.41 Å². The number of piperidine rings is 1. The third-order valence-electron chi connectivity index (χ3n) is 5.38. The zero-order valence-electron chi connectivity index (χ0n) is 14.1. The summed E-state index contributed by atoms with van der Waals surface area (Å²) in [5, 5.41) is 0. The Labute approximate surface area is 138 Å². The molecule has 1 aliphatic carbocycles. The van der Waals surface area contributed by atoms with E-state index in [1.165, 1.54) is 6.42 Å². The van der Waals surface area contributed by atoms with E-state index in [1.54, 1.807) is 11.9 Å². The first-order chi connectivity index (χ1) is 11.1. The Bertz CT molecular complexity index is 580. The Kier molecular flexibility index (Phi) is 4.42. The highest BCUT2D eigenvalue weighted by atomic mass is 16.2. The number of carbonyl (C=O) groups is 2. The normalized spacial score (nSPS) is 22.5. The number of anilines is 1. The molecule has 4 heteroatoms. The minimum Gasteiger partial charge on any atom is -0.339 e. The van der Waals surface area contributed by atoms with E-state index < -0.39 is 5.41 Å². The van der Waals surface area contributed by atoms with Gasteiger partial charge in [0.2, 0.25) is 11.8 Å². The van der Waals surface area contributed by atoms with Crippen molar-refractivity contribution in [1.29, 1.82) is 0 Å². The van der Waals surface area contributed by atoms with E-state index >= 15 is 0 Å². The van der Waals surface area contributed by atoms with Gasteiger partial charge in [-0.1, -0.05) is 25.1 Å². The maximum absolute atomic E-state index is 13.1. The van der Waals surface area contributed by atoms with E-state index in [0.717, 1.165) is 31.5 Å². The van der Waals surface area contributed by atoms with Crippen LogP contribution in [0.2, 0.25) is 0 Å². The second kappa shape index (κ2) is 6.34. The van der Waals surface area contributed by atoms with Gasteiger partial charge >= 0.3 is 0 Å². The van der Waals surface area contributed by atoms with E-state index in [9.17, 15) is 9.59 Å². The molecule has 1 saturated carbocycles. The van der Waals surface area contributed by atoms with E-state index in [4.69, 9.17) is 0 Å². The number of amides is 2. The Balaban J connectivity index is 1.78. The van der Waals surface area contributed by atoms with Gasteiger partial charge in [0.15, 0.2) is 0 Å². The van der Waals surface area contributed by atoms with Gasteiger partial charge in [0.05, 0.1) is 0 Å². The molecule has 0 spiro atoms. The first kappa shape index (κ1) is 16.0. The molecule has 124 valence electrons. The largest absolute Gasteiger partial charge is 0.339 e. The zero-order chi connectivity index (χ0) is 16.4. The number of benzene rings is 1. The highest BCUT2D eigenvalue weighted by Gasteiger charge is 2.59. The number of para-hydroxylation sites is 1. The van der Waals surface area contributed by atoms with Crippen LogP contribution in [0.4, 0.5) is 5.69 Å². The molecule has 1 saturated heterocycles. The van der Waals surface area contributed by atoms with Gasteiger partial charge in [0, 0.05) is 25.3 Å². The van der Waals surface area contributed by atoms with E-state index in [2.05, 4.69) is 6.92 Å². The maximum Gasteiger partial charge on any atom is 0.242 e. The lowest BCUT2D eigenvalue weighted by Gasteiger charge is -2.38. The molecule has 0 radical (unpaired) electrons. The Hall–Kier alpha value is -1.84. The fraction of sp³-hybridized carbons (Fsp3) is 0.579. The van der Waals surface area contributed by atoms with Crippen molar-refractivity contribution < 1.29 is 9.59 Å². The predicted molar refractivity (Wildman–Crippen MR) is 91.2 cm³/mol. The van der Waals surface area contributed by atoms with Gasteiger partial charge in [-0.25, -0.2) is 0 Å². The quantitative estimate of drug-likeness (QED) is 0.801. The summed E-state index contributed by atoms with van der Waals surface area (Å²) in [6.45, 7) is 2.94. The van der Waals surface area contributed by atoms with Crippen molar-refractivity contribution in [2.45, 2.75) is 51.5 Å². The monoisotopic (exact) mass is 314 g/mol. The summed E-state index contributed by atoms with van der Waals surface area (Å²) in [5.74, 6) is 0.0194. The standard InChI is InChI=1S/C19H26N2O2/c1-3-15-9-7-8-14-21(15)18(23)19(12-13-19)17(22)20(2)16-10-5-4-6-11-16/h4-6,10-11,15H,3,7-9,12-14H2,1-2H3. The highest BCUT2D eigenvalue weighted by molar-refractivity contribution is 6.13. The summed E-state index contributed by atoms with van der Waals surface area (Å²) in [7, 11) is 1.78. The molecule has 0 aromatic heterocycles. The van der Waals surface area contributed by atoms with Gasteiger partial charge in [0.25, 0.3) is 0 Å². The smallest absolute Gasteiger partial charge is 0.242 e. The van der Waals surface area contributed by atoms with Gasteiger partial charge in [-0.3, -0.25) is 9.59 Å². The van der Waals surface area contributed by atoms with Crippen LogP contribution >= 0.6 is 0 Å². The SMILES string of the molecule is CCC1CCCCN1C(=O)C1(C(=O)N(C)c2ccccc2)CC1. The average Bonchev–Trinajstić information content (AvgIpc) is 3.42.